The number of nitrogens with zero attached hydrogens (tertiary/aromatic N) is 4. The third kappa shape index (κ3) is 4.47. The number of aromatic nitrogens is 3. The molecule has 118 valence electrons. The van der Waals surface area contributed by atoms with Crippen LogP contribution >= 0.6 is 34.4 Å². The Hall–Kier alpha value is -2.04. The van der Waals surface area contributed by atoms with Crippen molar-refractivity contribution in [2.75, 3.05) is 11.9 Å². The van der Waals surface area contributed by atoms with Gasteiger partial charge >= 0.3 is 0 Å². The van der Waals surface area contributed by atoms with Crippen LogP contribution in [0.25, 0.3) is 0 Å². The summed E-state index contributed by atoms with van der Waals surface area (Å²) in [5.41, 5.74) is -0.0254. The molecule has 0 saturated carbocycles. The van der Waals surface area contributed by atoms with Gasteiger partial charge in [-0.25, -0.2) is 4.98 Å². The molecule has 3 rings (SSSR count). The Bertz CT molecular complexity index is 773. The topological polar surface area (TPSA) is 93.8 Å². The smallest absolute Gasteiger partial charge is 0.287 e. The first-order chi connectivity index (χ1) is 11.2. The van der Waals surface area contributed by atoms with E-state index >= 15 is 0 Å². The highest BCUT2D eigenvalue weighted by Gasteiger charge is 2.09. The van der Waals surface area contributed by atoms with Crippen LogP contribution in [0.1, 0.15) is 4.88 Å². The molecule has 0 fully saturated rings. The molecule has 0 atom stereocenters. The van der Waals surface area contributed by atoms with Gasteiger partial charge in [0.1, 0.15) is 11.2 Å². The van der Waals surface area contributed by atoms with Gasteiger partial charge in [-0.2, -0.15) is 0 Å². The summed E-state index contributed by atoms with van der Waals surface area (Å²) in [4.78, 5) is 15.5. The van der Waals surface area contributed by atoms with E-state index in [0.717, 1.165) is 22.4 Å². The van der Waals surface area contributed by atoms with Gasteiger partial charge in [0.15, 0.2) is 4.34 Å². The van der Waals surface area contributed by atoms with Gasteiger partial charge in [0.25, 0.3) is 5.69 Å². The molecule has 0 bridgehead atoms. The van der Waals surface area contributed by atoms with Crippen LogP contribution in [0.4, 0.5) is 10.8 Å². The molecule has 0 unspecified atom stereocenters. The SMILES string of the molecule is O=[N+]([O-])c1ccc(Sc2nnc(NCCc3cccs3)s2)nc1. The molecule has 3 heterocycles. The van der Waals surface area contributed by atoms with E-state index in [1.165, 1.54) is 40.2 Å². The minimum Gasteiger partial charge on any atom is -0.360 e. The van der Waals surface area contributed by atoms with Crippen molar-refractivity contribution in [3.05, 3.63) is 50.8 Å². The van der Waals surface area contributed by atoms with Crippen molar-refractivity contribution < 1.29 is 4.92 Å². The van der Waals surface area contributed by atoms with E-state index in [1.807, 2.05) is 6.07 Å². The molecule has 0 spiro atoms. The summed E-state index contributed by atoms with van der Waals surface area (Å²) >= 11 is 4.50. The highest BCUT2D eigenvalue weighted by molar-refractivity contribution is 8.01. The Labute approximate surface area is 144 Å². The Kier molecular flexibility index (Phi) is 5.16. The Morgan fingerprint density at radius 3 is 2.91 bits per heavy atom. The van der Waals surface area contributed by atoms with Crippen LogP contribution in [0.3, 0.4) is 0 Å². The molecule has 0 aromatic carbocycles. The number of hydrogen-bond donors (Lipinski definition) is 1. The quantitative estimate of drug-likeness (QED) is 0.504. The van der Waals surface area contributed by atoms with Crippen LogP contribution in [0.15, 0.2) is 45.2 Å². The zero-order valence-corrected chi connectivity index (χ0v) is 14.2. The molecule has 0 aliphatic carbocycles. The van der Waals surface area contributed by atoms with Crippen molar-refractivity contribution in [1.82, 2.24) is 15.2 Å². The lowest BCUT2D eigenvalue weighted by molar-refractivity contribution is -0.385. The van der Waals surface area contributed by atoms with Crippen LogP contribution in [-0.2, 0) is 6.42 Å². The number of nitro groups is 1. The fraction of sp³-hybridized carbons (Fsp3) is 0.154. The summed E-state index contributed by atoms with van der Waals surface area (Å²) in [6.45, 7) is 0.801. The predicted molar refractivity (Wildman–Crippen MR) is 91.4 cm³/mol. The number of nitrogens with one attached hydrogen (secondary N) is 1. The third-order valence-corrected chi connectivity index (χ3v) is 5.58. The Balaban J connectivity index is 1.53. The number of anilines is 1. The molecule has 0 aliphatic heterocycles. The standard InChI is InChI=1S/C13H11N5O2S3/c19-18(20)9-3-4-11(15-8-9)22-13-17-16-12(23-13)14-6-5-10-2-1-7-21-10/h1-4,7-8H,5-6H2,(H,14,16). The number of thiophene rings is 1. The van der Waals surface area contributed by atoms with Crippen LogP contribution in [0, 0.1) is 10.1 Å². The summed E-state index contributed by atoms with van der Waals surface area (Å²) in [7, 11) is 0. The van der Waals surface area contributed by atoms with Gasteiger partial charge < -0.3 is 5.32 Å². The zero-order valence-electron chi connectivity index (χ0n) is 11.7. The van der Waals surface area contributed by atoms with Crippen LogP contribution in [0.5, 0.6) is 0 Å². The monoisotopic (exact) mass is 365 g/mol. The first kappa shape index (κ1) is 15.8. The number of rotatable bonds is 7. The van der Waals surface area contributed by atoms with Crippen LogP contribution < -0.4 is 5.32 Å². The lowest BCUT2D eigenvalue weighted by Gasteiger charge is -1.99. The van der Waals surface area contributed by atoms with Crippen molar-refractivity contribution in [2.45, 2.75) is 15.8 Å². The molecule has 23 heavy (non-hydrogen) atoms. The maximum absolute atomic E-state index is 10.6. The van der Waals surface area contributed by atoms with Crippen molar-refractivity contribution in [1.29, 1.82) is 0 Å². The van der Waals surface area contributed by atoms with Crippen molar-refractivity contribution >= 4 is 45.3 Å². The minimum absolute atomic E-state index is 0.0254. The maximum atomic E-state index is 10.6. The molecule has 0 saturated heterocycles. The molecular weight excluding hydrogens is 354 g/mol. The average Bonchev–Trinajstić information content (AvgIpc) is 3.20. The fourth-order valence-electron chi connectivity index (χ4n) is 1.70. The van der Waals surface area contributed by atoms with E-state index in [4.69, 9.17) is 0 Å². The second-order valence-electron chi connectivity index (χ2n) is 4.34. The van der Waals surface area contributed by atoms with E-state index in [9.17, 15) is 10.1 Å². The molecule has 0 radical (unpaired) electrons. The van der Waals surface area contributed by atoms with Gasteiger partial charge in [0, 0.05) is 17.5 Å². The van der Waals surface area contributed by atoms with Gasteiger partial charge in [-0.15, -0.1) is 21.5 Å². The van der Waals surface area contributed by atoms with Crippen LogP contribution in [-0.4, -0.2) is 26.6 Å². The van der Waals surface area contributed by atoms with Crippen LogP contribution in [0.2, 0.25) is 0 Å². The molecule has 1 N–H and O–H groups in total. The molecular formula is C13H11N5O2S3. The maximum Gasteiger partial charge on any atom is 0.287 e. The van der Waals surface area contributed by atoms with Gasteiger partial charge in [-0.05, 0) is 35.7 Å². The van der Waals surface area contributed by atoms with E-state index in [0.29, 0.717) is 5.03 Å². The number of pyridine rings is 1. The zero-order chi connectivity index (χ0) is 16.1. The second kappa shape index (κ2) is 7.49. The summed E-state index contributed by atoms with van der Waals surface area (Å²) in [5.74, 6) is 0. The Morgan fingerprint density at radius 1 is 1.30 bits per heavy atom. The van der Waals surface area contributed by atoms with Gasteiger partial charge in [-0.1, -0.05) is 17.4 Å². The summed E-state index contributed by atoms with van der Waals surface area (Å²) in [6.07, 6.45) is 2.19. The lowest BCUT2D eigenvalue weighted by atomic mass is 10.3. The van der Waals surface area contributed by atoms with E-state index in [-0.39, 0.29) is 5.69 Å². The van der Waals surface area contributed by atoms with Crippen molar-refractivity contribution in [3.8, 4) is 0 Å². The molecule has 3 aromatic heterocycles. The van der Waals surface area contributed by atoms with Crippen molar-refractivity contribution in [3.63, 3.8) is 0 Å². The van der Waals surface area contributed by atoms with Gasteiger partial charge in [0.05, 0.1) is 4.92 Å². The first-order valence-corrected chi connectivity index (χ1v) is 9.10. The summed E-state index contributed by atoms with van der Waals surface area (Å²) < 4.78 is 0.741. The second-order valence-corrected chi connectivity index (χ2v) is 7.62. The normalized spacial score (nSPS) is 10.6. The molecule has 10 heteroatoms. The largest absolute Gasteiger partial charge is 0.360 e. The molecule has 0 amide bonds. The number of hydrogen-bond acceptors (Lipinski definition) is 9. The molecule has 7 nitrogen and oxygen atoms in total. The fourth-order valence-corrected chi connectivity index (χ4v) is 4.07. The highest BCUT2D eigenvalue weighted by atomic mass is 32.2. The first-order valence-electron chi connectivity index (χ1n) is 6.59. The lowest BCUT2D eigenvalue weighted by Crippen LogP contribution is -2.03. The Morgan fingerprint density at radius 2 is 2.22 bits per heavy atom. The summed E-state index contributed by atoms with van der Waals surface area (Å²) in [5, 5.41) is 25.5. The minimum atomic E-state index is -0.470. The predicted octanol–water partition coefficient (Wildman–Crippen LogP) is 3.71. The average molecular weight is 365 g/mol. The van der Waals surface area contributed by atoms with Gasteiger partial charge in [0.2, 0.25) is 5.13 Å². The third-order valence-electron chi connectivity index (χ3n) is 2.76. The van der Waals surface area contributed by atoms with E-state index in [2.05, 4.69) is 31.9 Å². The highest BCUT2D eigenvalue weighted by Crippen LogP contribution is 2.31. The molecule has 3 aromatic rings. The van der Waals surface area contributed by atoms with Gasteiger partial charge in [-0.3, -0.25) is 10.1 Å². The summed E-state index contributed by atoms with van der Waals surface area (Å²) in [6, 6.07) is 7.18. The van der Waals surface area contributed by atoms with E-state index < -0.39 is 4.92 Å². The van der Waals surface area contributed by atoms with Crippen molar-refractivity contribution in [2.24, 2.45) is 0 Å². The molecule has 0 aliphatic rings. The van der Waals surface area contributed by atoms with E-state index in [1.54, 1.807) is 17.4 Å².